The summed E-state index contributed by atoms with van der Waals surface area (Å²) in [7, 11) is 2.06. The zero-order chi connectivity index (χ0) is 15.7. The van der Waals surface area contributed by atoms with Crippen LogP contribution in [0.5, 0.6) is 0 Å². The Bertz CT molecular complexity index is 310. The zero-order valence-electron chi connectivity index (χ0n) is 15.1. The molecule has 0 radical (unpaired) electrons. The highest BCUT2D eigenvalue weighted by Gasteiger charge is 2.53. The largest absolute Gasteiger partial charge is 0.368 e. The molecule has 1 N–H and O–H groups in total. The van der Waals surface area contributed by atoms with Gasteiger partial charge in [-0.25, -0.2) is 0 Å². The number of hydrogen-bond acceptors (Lipinski definition) is 3. The van der Waals surface area contributed by atoms with Crippen molar-refractivity contribution in [2.24, 2.45) is 11.8 Å². The minimum absolute atomic E-state index is 0.0820. The van der Waals surface area contributed by atoms with Gasteiger partial charge in [-0.3, -0.25) is 0 Å². The summed E-state index contributed by atoms with van der Waals surface area (Å²) in [5, 5.41) is 3.51. The number of ether oxygens (including phenoxy) is 1. The van der Waals surface area contributed by atoms with Crippen molar-refractivity contribution in [1.29, 1.82) is 0 Å². The van der Waals surface area contributed by atoms with E-state index in [0.717, 1.165) is 13.1 Å². The van der Waals surface area contributed by atoms with Gasteiger partial charge in [-0.05, 0) is 54.5 Å². The Morgan fingerprint density at radius 3 is 2.00 bits per heavy atom. The molecule has 2 unspecified atom stereocenters. The lowest BCUT2D eigenvalue weighted by Gasteiger charge is -2.37. The maximum atomic E-state index is 6.35. The lowest BCUT2D eigenvalue weighted by atomic mass is 9.82. The van der Waals surface area contributed by atoms with Gasteiger partial charge in [-0.2, -0.15) is 0 Å². The average molecular weight is 284 g/mol. The van der Waals surface area contributed by atoms with E-state index in [1.165, 1.54) is 0 Å². The quantitative estimate of drug-likeness (QED) is 0.811. The number of rotatable bonds is 6. The molecule has 0 aromatic rings. The molecule has 120 valence electrons. The summed E-state index contributed by atoms with van der Waals surface area (Å²) in [5.74, 6) is 1.20. The highest BCUT2D eigenvalue weighted by atomic mass is 16.5. The van der Waals surface area contributed by atoms with E-state index in [2.05, 4.69) is 72.7 Å². The molecule has 0 aliphatic carbocycles. The van der Waals surface area contributed by atoms with Crippen LogP contribution in [0, 0.1) is 11.8 Å². The van der Waals surface area contributed by atoms with Gasteiger partial charge in [0.2, 0.25) is 0 Å². The first-order valence-corrected chi connectivity index (χ1v) is 8.12. The van der Waals surface area contributed by atoms with Crippen molar-refractivity contribution in [3.63, 3.8) is 0 Å². The van der Waals surface area contributed by atoms with Crippen molar-refractivity contribution >= 4 is 0 Å². The first kappa shape index (κ1) is 17.9. The van der Waals surface area contributed by atoms with Crippen molar-refractivity contribution < 1.29 is 4.74 Å². The lowest BCUT2D eigenvalue weighted by Crippen LogP contribution is -2.51. The molecule has 1 aliphatic rings. The Morgan fingerprint density at radius 1 is 1.05 bits per heavy atom. The molecule has 0 saturated carbocycles. The van der Waals surface area contributed by atoms with Crippen molar-refractivity contribution in [1.82, 2.24) is 10.2 Å². The molecule has 0 spiro atoms. The maximum absolute atomic E-state index is 6.35. The number of likely N-dealkylation sites (N-methyl/N-ethyl adjacent to an activating group) is 1. The normalized spacial score (nSPS) is 28.8. The van der Waals surface area contributed by atoms with E-state index in [1.807, 2.05) is 0 Å². The Morgan fingerprint density at radius 2 is 1.60 bits per heavy atom. The Balaban J connectivity index is 2.91. The van der Waals surface area contributed by atoms with Crippen LogP contribution in [0.3, 0.4) is 0 Å². The van der Waals surface area contributed by atoms with Crippen LogP contribution in [-0.2, 0) is 4.74 Å². The number of nitrogens with one attached hydrogen (secondary N) is 1. The second-order valence-corrected chi connectivity index (χ2v) is 8.12. The molecule has 0 amide bonds. The fourth-order valence-electron chi connectivity index (χ4n) is 3.79. The molecule has 0 aromatic heterocycles. The molecular weight excluding hydrogens is 248 g/mol. The molecule has 0 aromatic carbocycles. The summed E-state index contributed by atoms with van der Waals surface area (Å²) in [6.45, 7) is 20.3. The highest BCUT2D eigenvalue weighted by Crippen LogP contribution is 2.42. The lowest BCUT2D eigenvalue weighted by molar-refractivity contribution is -0.0800. The van der Waals surface area contributed by atoms with Crippen molar-refractivity contribution in [3.05, 3.63) is 0 Å². The Hall–Kier alpha value is -0.120. The monoisotopic (exact) mass is 284 g/mol. The molecule has 2 atom stereocenters. The molecule has 20 heavy (non-hydrogen) atoms. The molecular formula is C17H36N2O. The van der Waals surface area contributed by atoms with Crippen LogP contribution in [0.25, 0.3) is 0 Å². The molecule has 1 aliphatic heterocycles. The SMILES string of the molecule is CNC1C(CN(CC(C)C)C(C)C)C(C)(C)OC1(C)C. The summed E-state index contributed by atoms with van der Waals surface area (Å²) in [4.78, 5) is 2.60. The molecule has 1 saturated heterocycles. The number of hydrogen-bond donors (Lipinski definition) is 1. The van der Waals surface area contributed by atoms with Gasteiger partial charge in [-0.1, -0.05) is 13.8 Å². The fourth-order valence-corrected chi connectivity index (χ4v) is 3.79. The van der Waals surface area contributed by atoms with Gasteiger partial charge in [0, 0.05) is 31.1 Å². The van der Waals surface area contributed by atoms with Crippen molar-refractivity contribution in [2.45, 2.75) is 78.7 Å². The van der Waals surface area contributed by atoms with Crippen LogP contribution in [0.1, 0.15) is 55.4 Å². The van der Waals surface area contributed by atoms with E-state index in [0.29, 0.717) is 23.9 Å². The van der Waals surface area contributed by atoms with Gasteiger partial charge in [0.25, 0.3) is 0 Å². The average Bonchev–Trinajstić information content (AvgIpc) is 2.41. The van der Waals surface area contributed by atoms with Crippen LogP contribution in [0.2, 0.25) is 0 Å². The van der Waals surface area contributed by atoms with Crippen LogP contribution in [-0.4, -0.2) is 48.3 Å². The predicted molar refractivity (Wildman–Crippen MR) is 87.1 cm³/mol. The molecule has 1 heterocycles. The van der Waals surface area contributed by atoms with E-state index in [4.69, 9.17) is 4.74 Å². The minimum atomic E-state index is -0.108. The van der Waals surface area contributed by atoms with Gasteiger partial charge >= 0.3 is 0 Å². The minimum Gasteiger partial charge on any atom is -0.368 e. The topological polar surface area (TPSA) is 24.5 Å². The fraction of sp³-hybridized carbons (Fsp3) is 1.00. The van der Waals surface area contributed by atoms with Crippen LogP contribution >= 0.6 is 0 Å². The van der Waals surface area contributed by atoms with E-state index in [-0.39, 0.29) is 11.2 Å². The van der Waals surface area contributed by atoms with Gasteiger partial charge in [0.1, 0.15) is 0 Å². The van der Waals surface area contributed by atoms with Crippen molar-refractivity contribution in [2.75, 3.05) is 20.1 Å². The molecule has 3 nitrogen and oxygen atoms in total. The van der Waals surface area contributed by atoms with Gasteiger partial charge < -0.3 is 15.0 Å². The van der Waals surface area contributed by atoms with Gasteiger partial charge in [-0.15, -0.1) is 0 Å². The summed E-state index contributed by atoms with van der Waals surface area (Å²) in [5.41, 5.74) is -0.190. The van der Waals surface area contributed by atoms with Crippen LogP contribution < -0.4 is 5.32 Å². The van der Waals surface area contributed by atoms with Crippen LogP contribution in [0.4, 0.5) is 0 Å². The first-order valence-electron chi connectivity index (χ1n) is 8.12. The zero-order valence-corrected chi connectivity index (χ0v) is 15.1. The third-order valence-electron chi connectivity index (χ3n) is 4.64. The van der Waals surface area contributed by atoms with Crippen LogP contribution in [0.15, 0.2) is 0 Å². The highest BCUT2D eigenvalue weighted by molar-refractivity contribution is 5.05. The third kappa shape index (κ3) is 3.96. The van der Waals surface area contributed by atoms with Gasteiger partial charge in [0.15, 0.2) is 0 Å². The second-order valence-electron chi connectivity index (χ2n) is 8.12. The summed E-state index contributed by atoms with van der Waals surface area (Å²) >= 11 is 0. The van der Waals surface area contributed by atoms with E-state index in [1.54, 1.807) is 0 Å². The van der Waals surface area contributed by atoms with E-state index in [9.17, 15) is 0 Å². The molecule has 1 fully saturated rings. The second kappa shape index (κ2) is 6.33. The van der Waals surface area contributed by atoms with E-state index >= 15 is 0 Å². The standard InChI is InChI=1S/C17H36N2O/c1-12(2)10-19(13(3)4)11-14-15(18-9)17(7,8)20-16(14,5)6/h12-15,18H,10-11H2,1-9H3. The summed E-state index contributed by atoms with van der Waals surface area (Å²) in [6, 6.07) is 0.973. The first-order chi connectivity index (χ1) is 9.01. The van der Waals surface area contributed by atoms with Gasteiger partial charge in [0.05, 0.1) is 11.2 Å². The smallest absolute Gasteiger partial charge is 0.0790 e. The Kier molecular flexibility index (Phi) is 5.67. The summed E-state index contributed by atoms with van der Waals surface area (Å²) < 4.78 is 6.35. The van der Waals surface area contributed by atoms with Crippen molar-refractivity contribution in [3.8, 4) is 0 Å². The predicted octanol–water partition coefficient (Wildman–Crippen LogP) is 3.14. The molecule has 0 bridgehead atoms. The third-order valence-corrected chi connectivity index (χ3v) is 4.64. The molecule has 1 rings (SSSR count). The Labute approximate surface area is 126 Å². The maximum Gasteiger partial charge on any atom is 0.0790 e. The van der Waals surface area contributed by atoms with E-state index < -0.39 is 0 Å². The molecule has 3 heteroatoms. The number of nitrogens with zero attached hydrogens (tertiary/aromatic N) is 1. The summed E-state index contributed by atoms with van der Waals surface area (Å²) in [6.07, 6.45) is 0.